The molecule has 2 fully saturated rings. The first-order chi connectivity index (χ1) is 24.5. The predicted molar refractivity (Wildman–Crippen MR) is 195 cm³/mol. The molecule has 0 spiro atoms. The minimum Gasteiger partial charge on any atom is -0.356 e. The van der Waals surface area contributed by atoms with Gasteiger partial charge in [-0.2, -0.15) is 10.2 Å². The standard InChI is InChI=1S/C40H42N8O2/c1-28-35(37-11-5-19-43-46-37)9-3-10-36(28)40(50)45-33-14-20-47(21-15-33)27-29-12-13-38(42-25-29)48-22-16-34(17-23-48)44-39(49)31-7-2-6-30(24-31)32-8-4-18-41-26-32/h2-13,18-19,24-26,33-34H,14-17,20-23,27H2,1H3,(H,44,49)(H,45,50). The van der Waals surface area contributed by atoms with Crippen LogP contribution in [0.25, 0.3) is 22.4 Å². The Hall–Kier alpha value is -5.48. The van der Waals surface area contributed by atoms with Crippen LogP contribution in [-0.4, -0.2) is 75.1 Å². The zero-order chi connectivity index (χ0) is 34.3. The van der Waals surface area contributed by atoms with Gasteiger partial charge in [0.2, 0.25) is 0 Å². The Labute approximate surface area is 293 Å². The molecule has 2 amide bonds. The molecule has 2 saturated heterocycles. The second-order valence-electron chi connectivity index (χ2n) is 13.2. The van der Waals surface area contributed by atoms with Gasteiger partial charge < -0.3 is 15.5 Å². The number of aromatic nitrogens is 4. The molecule has 0 atom stereocenters. The molecule has 2 aromatic carbocycles. The third-order valence-electron chi connectivity index (χ3n) is 9.84. The Morgan fingerprint density at radius 1 is 0.760 bits per heavy atom. The van der Waals surface area contributed by atoms with Gasteiger partial charge in [-0.1, -0.05) is 36.4 Å². The van der Waals surface area contributed by atoms with Crippen molar-refractivity contribution >= 4 is 17.6 Å². The van der Waals surface area contributed by atoms with Crippen molar-refractivity contribution in [3.05, 3.63) is 126 Å². The number of nitrogens with one attached hydrogen (secondary N) is 2. The van der Waals surface area contributed by atoms with Crippen LogP contribution >= 0.6 is 0 Å². The molecular weight excluding hydrogens is 624 g/mol. The molecule has 50 heavy (non-hydrogen) atoms. The van der Waals surface area contributed by atoms with Crippen molar-refractivity contribution in [2.45, 2.75) is 51.2 Å². The first kappa shape index (κ1) is 33.0. The topological polar surface area (TPSA) is 116 Å². The number of carbonyl (C=O) groups excluding carboxylic acids is 2. The van der Waals surface area contributed by atoms with Crippen LogP contribution in [0.1, 0.15) is 57.5 Å². The average molecular weight is 667 g/mol. The second-order valence-corrected chi connectivity index (χ2v) is 13.2. The second kappa shape index (κ2) is 15.4. The lowest BCUT2D eigenvalue weighted by Crippen LogP contribution is -2.45. The van der Waals surface area contributed by atoms with Gasteiger partial charge in [-0.05, 0) is 91.8 Å². The van der Waals surface area contributed by atoms with Gasteiger partial charge in [0.25, 0.3) is 11.8 Å². The molecule has 7 rings (SSSR count). The van der Waals surface area contributed by atoms with Crippen molar-refractivity contribution < 1.29 is 9.59 Å². The third-order valence-corrected chi connectivity index (χ3v) is 9.84. The average Bonchev–Trinajstić information content (AvgIpc) is 3.17. The summed E-state index contributed by atoms with van der Waals surface area (Å²) >= 11 is 0. The Bertz CT molecular complexity index is 1900. The van der Waals surface area contributed by atoms with Gasteiger partial charge in [-0.25, -0.2) is 4.98 Å². The molecule has 2 N–H and O–H groups in total. The molecule has 2 aliphatic rings. The Kier molecular flexibility index (Phi) is 10.2. The van der Waals surface area contributed by atoms with E-state index in [-0.39, 0.29) is 23.9 Å². The fourth-order valence-corrected chi connectivity index (χ4v) is 6.95. The van der Waals surface area contributed by atoms with E-state index in [2.05, 4.69) is 47.7 Å². The van der Waals surface area contributed by atoms with Gasteiger partial charge in [0.1, 0.15) is 5.82 Å². The SMILES string of the molecule is Cc1c(C(=O)NC2CCN(Cc3ccc(N4CCC(NC(=O)c5cccc(-c6cccnc6)c5)CC4)nc3)CC2)cccc1-c1cccnn1. The van der Waals surface area contributed by atoms with Gasteiger partial charge in [0.05, 0.1) is 5.69 Å². The van der Waals surface area contributed by atoms with Crippen LogP contribution in [-0.2, 0) is 6.54 Å². The summed E-state index contributed by atoms with van der Waals surface area (Å²) in [5.74, 6) is 0.898. The number of hydrogen-bond donors (Lipinski definition) is 2. The Balaban J connectivity index is 0.851. The van der Waals surface area contributed by atoms with Gasteiger partial charge >= 0.3 is 0 Å². The molecule has 0 aliphatic carbocycles. The van der Waals surface area contributed by atoms with Crippen LogP contribution < -0.4 is 15.5 Å². The largest absolute Gasteiger partial charge is 0.356 e. The van der Waals surface area contributed by atoms with Gasteiger partial charge in [0, 0.05) is 91.8 Å². The van der Waals surface area contributed by atoms with E-state index in [0.717, 1.165) is 92.2 Å². The highest BCUT2D eigenvalue weighted by atomic mass is 16.2. The Morgan fingerprint density at radius 3 is 2.22 bits per heavy atom. The quantitative estimate of drug-likeness (QED) is 0.206. The number of rotatable bonds is 9. The lowest BCUT2D eigenvalue weighted by atomic mass is 9.98. The van der Waals surface area contributed by atoms with Crippen molar-refractivity contribution in [2.75, 3.05) is 31.1 Å². The summed E-state index contributed by atoms with van der Waals surface area (Å²) in [4.78, 5) is 40.0. The molecule has 254 valence electrons. The molecule has 10 heteroatoms. The monoisotopic (exact) mass is 666 g/mol. The fourth-order valence-electron chi connectivity index (χ4n) is 6.95. The smallest absolute Gasteiger partial charge is 0.251 e. The number of likely N-dealkylation sites (tertiary alicyclic amines) is 1. The van der Waals surface area contributed by atoms with Crippen molar-refractivity contribution in [1.29, 1.82) is 0 Å². The maximum atomic E-state index is 13.2. The highest BCUT2D eigenvalue weighted by Crippen LogP contribution is 2.25. The van der Waals surface area contributed by atoms with Crippen LogP contribution in [0.15, 0.2) is 104 Å². The molecule has 10 nitrogen and oxygen atoms in total. The van der Waals surface area contributed by atoms with Crippen molar-refractivity contribution in [1.82, 2.24) is 35.7 Å². The summed E-state index contributed by atoms with van der Waals surface area (Å²) in [7, 11) is 0. The zero-order valence-corrected chi connectivity index (χ0v) is 28.3. The van der Waals surface area contributed by atoms with E-state index in [1.165, 1.54) is 5.56 Å². The van der Waals surface area contributed by atoms with E-state index in [1.54, 1.807) is 12.4 Å². The number of anilines is 1. The van der Waals surface area contributed by atoms with Crippen LogP contribution in [0.4, 0.5) is 5.82 Å². The number of nitrogens with zero attached hydrogens (tertiary/aromatic N) is 6. The first-order valence-corrected chi connectivity index (χ1v) is 17.4. The minimum absolute atomic E-state index is 0.0375. The van der Waals surface area contributed by atoms with Crippen LogP contribution in [0, 0.1) is 6.92 Å². The number of pyridine rings is 2. The lowest BCUT2D eigenvalue weighted by molar-refractivity contribution is 0.0905. The molecule has 0 radical (unpaired) electrons. The molecule has 0 bridgehead atoms. The van der Waals surface area contributed by atoms with Crippen LogP contribution in [0.2, 0.25) is 0 Å². The molecule has 5 aromatic rings. The molecule has 2 aliphatic heterocycles. The van der Waals surface area contributed by atoms with E-state index in [0.29, 0.717) is 11.1 Å². The number of benzene rings is 2. The summed E-state index contributed by atoms with van der Waals surface area (Å²) in [5, 5.41) is 14.7. The Morgan fingerprint density at radius 2 is 1.50 bits per heavy atom. The highest BCUT2D eigenvalue weighted by molar-refractivity contribution is 5.97. The third kappa shape index (κ3) is 7.87. The van der Waals surface area contributed by atoms with Gasteiger partial charge in [0.15, 0.2) is 0 Å². The van der Waals surface area contributed by atoms with Gasteiger partial charge in [-0.15, -0.1) is 0 Å². The number of carbonyl (C=O) groups is 2. The molecule has 5 heterocycles. The fraction of sp³-hybridized carbons (Fsp3) is 0.300. The van der Waals surface area contributed by atoms with E-state index >= 15 is 0 Å². The van der Waals surface area contributed by atoms with Gasteiger partial charge in [-0.3, -0.25) is 19.5 Å². The minimum atomic E-state index is -0.0393. The number of hydrogen-bond acceptors (Lipinski definition) is 8. The molecular formula is C40H42N8O2. The molecule has 3 aromatic heterocycles. The zero-order valence-electron chi connectivity index (χ0n) is 28.3. The normalized spacial score (nSPS) is 15.8. The summed E-state index contributed by atoms with van der Waals surface area (Å²) in [5.41, 5.74) is 7.10. The van der Waals surface area contributed by atoms with E-state index < -0.39 is 0 Å². The highest BCUT2D eigenvalue weighted by Gasteiger charge is 2.24. The maximum absolute atomic E-state index is 13.2. The summed E-state index contributed by atoms with van der Waals surface area (Å²) in [6.07, 6.45) is 10.7. The maximum Gasteiger partial charge on any atom is 0.251 e. The van der Waals surface area contributed by atoms with Crippen molar-refractivity contribution in [3.8, 4) is 22.4 Å². The van der Waals surface area contributed by atoms with E-state index in [4.69, 9.17) is 4.98 Å². The number of piperidine rings is 2. The van der Waals surface area contributed by atoms with E-state index in [1.807, 2.05) is 86.0 Å². The first-order valence-electron chi connectivity index (χ1n) is 17.4. The predicted octanol–water partition coefficient (Wildman–Crippen LogP) is 5.70. The summed E-state index contributed by atoms with van der Waals surface area (Å²) in [6.45, 7) is 6.32. The summed E-state index contributed by atoms with van der Waals surface area (Å²) < 4.78 is 0. The lowest BCUT2D eigenvalue weighted by Gasteiger charge is -2.34. The molecule has 0 saturated carbocycles. The molecule has 0 unspecified atom stereocenters. The summed E-state index contributed by atoms with van der Waals surface area (Å²) in [6, 6.07) is 25.7. The van der Waals surface area contributed by atoms with Crippen LogP contribution in [0.3, 0.4) is 0 Å². The van der Waals surface area contributed by atoms with Crippen molar-refractivity contribution in [2.24, 2.45) is 0 Å². The van der Waals surface area contributed by atoms with E-state index in [9.17, 15) is 9.59 Å². The van der Waals surface area contributed by atoms with Crippen LogP contribution in [0.5, 0.6) is 0 Å². The number of amides is 2. The van der Waals surface area contributed by atoms with Crippen molar-refractivity contribution in [3.63, 3.8) is 0 Å².